The first-order valence-electron chi connectivity index (χ1n) is 10.2. The van der Waals surface area contributed by atoms with Gasteiger partial charge in [-0.15, -0.1) is 0 Å². The average molecular weight is 395 g/mol. The van der Waals surface area contributed by atoms with E-state index in [2.05, 4.69) is 10.2 Å². The molecule has 2 aromatic carbocycles. The van der Waals surface area contributed by atoms with E-state index in [1.807, 2.05) is 29.2 Å². The van der Waals surface area contributed by atoms with Crippen molar-refractivity contribution >= 4 is 17.5 Å². The number of halogens is 1. The lowest BCUT2D eigenvalue weighted by Crippen LogP contribution is -2.39. The Bertz CT molecular complexity index is 876. The summed E-state index contributed by atoms with van der Waals surface area (Å²) in [5.41, 5.74) is 2.59. The van der Waals surface area contributed by atoms with Gasteiger partial charge in [0, 0.05) is 37.3 Å². The van der Waals surface area contributed by atoms with Gasteiger partial charge in [0.15, 0.2) is 0 Å². The molecule has 0 aromatic heterocycles. The predicted octanol–water partition coefficient (Wildman–Crippen LogP) is 3.52. The largest absolute Gasteiger partial charge is 0.334 e. The second-order valence-corrected chi connectivity index (χ2v) is 7.93. The Morgan fingerprint density at radius 3 is 2.52 bits per heavy atom. The molecule has 0 atom stereocenters. The molecule has 152 valence electrons. The molecule has 0 spiro atoms. The molecular formula is C23H26FN3O2. The maximum atomic E-state index is 12.9. The molecule has 0 saturated carbocycles. The molecule has 1 fully saturated rings. The summed E-state index contributed by atoms with van der Waals surface area (Å²) in [6.07, 6.45) is 2.50. The predicted molar refractivity (Wildman–Crippen MR) is 110 cm³/mol. The van der Waals surface area contributed by atoms with Gasteiger partial charge >= 0.3 is 0 Å². The van der Waals surface area contributed by atoms with Crippen molar-refractivity contribution in [2.45, 2.75) is 25.8 Å². The van der Waals surface area contributed by atoms with Crippen LogP contribution in [0.3, 0.4) is 0 Å². The van der Waals surface area contributed by atoms with Crippen LogP contribution in [0, 0.1) is 11.7 Å². The Balaban J connectivity index is 1.18. The van der Waals surface area contributed by atoms with Gasteiger partial charge in [-0.3, -0.25) is 9.59 Å². The second-order valence-electron chi connectivity index (χ2n) is 7.93. The molecule has 2 aliphatic heterocycles. The third kappa shape index (κ3) is 4.82. The minimum absolute atomic E-state index is 0.0563. The lowest BCUT2D eigenvalue weighted by atomic mass is 9.96. The second kappa shape index (κ2) is 8.74. The molecule has 5 nitrogen and oxygen atoms in total. The number of fused-ring (bicyclic) bond motifs is 1. The van der Waals surface area contributed by atoms with Gasteiger partial charge in [0.1, 0.15) is 5.82 Å². The Morgan fingerprint density at radius 1 is 1.07 bits per heavy atom. The number of carbonyl (C=O) groups is 2. The third-order valence-corrected chi connectivity index (χ3v) is 5.86. The number of nitrogens with zero attached hydrogens (tertiary/aromatic N) is 2. The molecule has 1 saturated heterocycles. The molecular weight excluding hydrogens is 369 g/mol. The molecule has 4 rings (SSSR count). The van der Waals surface area contributed by atoms with Crippen molar-refractivity contribution in [3.63, 3.8) is 0 Å². The van der Waals surface area contributed by atoms with Crippen molar-refractivity contribution in [2.24, 2.45) is 5.92 Å². The van der Waals surface area contributed by atoms with Crippen molar-refractivity contribution in [1.82, 2.24) is 9.80 Å². The average Bonchev–Trinajstić information content (AvgIpc) is 3.05. The zero-order valence-corrected chi connectivity index (χ0v) is 16.4. The maximum Gasteiger partial charge on any atom is 0.254 e. The van der Waals surface area contributed by atoms with Crippen LogP contribution in [0.1, 0.15) is 35.2 Å². The van der Waals surface area contributed by atoms with E-state index in [1.165, 1.54) is 12.1 Å². The molecule has 1 N–H and O–H groups in total. The van der Waals surface area contributed by atoms with Gasteiger partial charge in [-0.25, -0.2) is 4.39 Å². The lowest BCUT2D eigenvalue weighted by molar-refractivity contribution is -0.116. The molecule has 0 radical (unpaired) electrons. The number of hydrogen-bond acceptors (Lipinski definition) is 3. The van der Waals surface area contributed by atoms with Gasteiger partial charge in [0.25, 0.3) is 5.91 Å². The molecule has 6 heteroatoms. The summed E-state index contributed by atoms with van der Waals surface area (Å²) in [6, 6.07) is 13.7. The van der Waals surface area contributed by atoms with Crippen LogP contribution in [0.2, 0.25) is 0 Å². The van der Waals surface area contributed by atoms with E-state index in [1.54, 1.807) is 12.1 Å². The Morgan fingerprint density at radius 2 is 1.79 bits per heavy atom. The van der Waals surface area contributed by atoms with Crippen LogP contribution in [0.5, 0.6) is 0 Å². The molecule has 29 heavy (non-hydrogen) atoms. The van der Waals surface area contributed by atoms with Gasteiger partial charge in [0.05, 0.1) is 0 Å². The Hall–Kier alpha value is -2.73. The van der Waals surface area contributed by atoms with E-state index in [0.29, 0.717) is 24.6 Å². The van der Waals surface area contributed by atoms with Crippen LogP contribution in [-0.2, 0) is 11.3 Å². The highest BCUT2D eigenvalue weighted by molar-refractivity contribution is 5.98. The maximum absolute atomic E-state index is 12.9. The monoisotopic (exact) mass is 395 g/mol. The van der Waals surface area contributed by atoms with Gasteiger partial charge in [-0.1, -0.05) is 18.2 Å². The van der Waals surface area contributed by atoms with Crippen molar-refractivity contribution < 1.29 is 14.0 Å². The molecule has 2 heterocycles. The smallest absolute Gasteiger partial charge is 0.254 e. The SMILES string of the molecule is O=C(CCN1CCC(CN2Cc3ccccc3C2=O)CC1)Nc1ccc(F)cc1. The third-order valence-electron chi connectivity index (χ3n) is 5.86. The molecule has 0 bridgehead atoms. The zero-order valence-electron chi connectivity index (χ0n) is 16.4. The zero-order chi connectivity index (χ0) is 20.2. The number of amides is 2. The Labute approximate surface area is 170 Å². The quantitative estimate of drug-likeness (QED) is 0.814. The number of piperidine rings is 1. The fourth-order valence-electron chi connectivity index (χ4n) is 4.18. The van der Waals surface area contributed by atoms with Crippen LogP contribution in [-0.4, -0.2) is 47.8 Å². The lowest BCUT2D eigenvalue weighted by Gasteiger charge is -2.33. The Kier molecular flexibility index (Phi) is 5.90. The van der Waals surface area contributed by atoms with Gasteiger partial charge < -0.3 is 15.1 Å². The first kappa shape index (κ1) is 19.6. The fourth-order valence-corrected chi connectivity index (χ4v) is 4.18. The van der Waals surface area contributed by atoms with Gasteiger partial charge in [0.2, 0.25) is 5.91 Å². The number of likely N-dealkylation sites (tertiary alicyclic amines) is 1. The topological polar surface area (TPSA) is 52.7 Å². The van der Waals surface area contributed by atoms with Crippen LogP contribution in [0.25, 0.3) is 0 Å². The van der Waals surface area contributed by atoms with E-state index in [4.69, 9.17) is 0 Å². The highest BCUT2D eigenvalue weighted by atomic mass is 19.1. The number of carbonyl (C=O) groups excluding carboxylic acids is 2. The molecule has 2 aromatic rings. The van der Waals surface area contributed by atoms with E-state index in [-0.39, 0.29) is 17.6 Å². The molecule has 0 unspecified atom stereocenters. The van der Waals surface area contributed by atoms with Gasteiger partial charge in [-0.05, 0) is 67.7 Å². The van der Waals surface area contributed by atoms with Crippen molar-refractivity contribution in [3.8, 4) is 0 Å². The van der Waals surface area contributed by atoms with Gasteiger partial charge in [-0.2, -0.15) is 0 Å². The van der Waals surface area contributed by atoms with Crippen LogP contribution in [0.15, 0.2) is 48.5 Å². The van der Waals surface area contributed by atoms with Crippen molar-refractivity contribution in [3.05, 3.63) is 65.5 Å². The van der Waals surface area contributed by atoms with Crippen molar-refractivity contribution in [1.29, 1.82) is 0 Å². The summed E-state index contributed by atoms with van der Waals surface area (Å²) in [5.74, 6) is 0.294. The highest BCUT2D eigenvalue weighted by Gasteiger charge is 2.30. The summed E-state index contributed by atoms with van der Waals surface area (Å²) in [7, 11) is 0. The standard InChI is InChI=1S/C23H26FN3O2/c24-19-5-7-20(8-6-19)25-22(28)11-14-26-12-9-17(10-13-26)15-27-16-18-3-1-2-4-21(18)23(27)29/h1-8,17H,9-16H2,(H,25,28). The van der Waals surface area contributed by atoms with E-state index < -0.39 is 0 Å². The number of anilines is 1. The molecule has 2 amide bonds. The van der Waals surface area contributed by atoms with Crippen molar-refractivity contribution in [2.75, 3.05) is 31.5 Å². The number of benzene rings is 2. The summed E-state index contributed by atoms with van der Waals surface area (Å²) in [6.45, 7) is 4.14. The van der Waals surface area contributed by atoms with Crippen LogP contribution < -0.4 is 5.32 Å². The molecule has 2 aliphatic rings. The number of nitrogens with one attached hydrogen (secondary N) is 1. The number of hydrogen-bond donors (Lipinski definition) is 1. The number of rotatable bonds is 6. The van der Waals surface area contributed by atoms with Crippen LogP contribution >= 0.6 is 0 Å². The summed E-state index contributed by atoms with van der Waals surface area (Å²) < 4.78 is 12.9. The minimum Gasteiger partial charge on any atom is -0.334 e. The minimum atomic E-state index is -0.314. The van der Waals surface area contributed by atoms with E-state index >= 15 is 0 Å². The molecule has 0 aliphatic carbocycles. The summed E-state index contributed by atoms with van der Waals surface area (Å²) in [5, 5.41) is 2.80. The normalized spacial score (nSPS) is 17.4. The van der Waals surface area contributed by atoms with E-state index in [9.17, 15) is 14.0 Å². The first-order valence-corrected chi connectivity index (χ1v) is 10.2. The van der Waals surface area contributed by atoms with E-state index in [0.717, 1.165) is 50.1 Å². The highest BCUT2D eigenvalue weighted by Crippen LogP contribution is 2.26. The summed E-state index contributed by atoms with van der Waals surface area (Å²) >= 11 is 0. The van der Waals surface area contributed by atoms with Crippen LogP contribution in [0.4, 0.5) is 10.1 Å². The first-order chi connectivity index (χ1) is 14.1. The summed E-state index contributed by atoms with van der Waals surface area (Å²) in [4.78, 5) is 28.9. The fraction of sp³-hybridized carbons (Fsp3) is 0.391.